The molecule has 10 nitrogen and oxygen atoms in total. The first-order valence-electron chi connectivity index (χ1n) is 22.8. The van der Waals surface area contributed by atoms with Crippen LogP contribution in [0.3, 0.4) is 0 Å². The topological polar surface area (TPSA) is 105 Å². The molecule has 0 saturated carbocycles. The third-order valence-corrected chi connectivity index (χ3v) is 11.2. The third-order valence-electron chi connectivity index (χ3n) is 10.9. The van der Waals surface area contributed by atoms with Crippen LogP contribution in [0.1, 0.15) is 134 Å². The average molecular weight is 841 g/mol. The molecule has 0 radical (unpaired) electrons. The summed E-state index contributed by atoms with van der Waals surface area (Å²) in [7, 11) is 0. The van der Waals surface area contributed by atoms with E-state index in [1.807, 2.05) is 35.4 Å². The summed E-state index contributed by atoms with van der Waals surface area (Å²) in [5.41, 5.74) is 4.44. The lowest BCUT2D eigenvalue weighted by Gasteiger charge is -2.11. The number of unbranched alkanes of at least 4 members (excludes halogenated alkanes) is 14. The molecule has 0 saturated heterocycles. The van der Waals surface area contributed by atoms with Crippen LogP contribution in [0.25, 0.3) is 22.2 Å². The van der Waals surface area contributed by atoms with E-state index in [1.54, 1.807) is 18.3 Å². The molecule has 5 aromatic rings. The number of pyridine rings is 3. The Morgan fingerprint density at radius 2 is 1.33 bits per heavy atom. The fraction of sp³-hybridized carbons (Fsp3) is 0.551. The highest BCUT2D eigenvalue weighted by molar-refractivity contribution is 6.36. The molecule has 0 fully saturated rings. The summed E-state index contributed by atoms with van der Waals surface area (Å²) < 4.78 is 21.6. The molecule has 0 aliphatic rings. The highest BCUT2D eigenvalue weighted by Gasteiger charge is 2.19. The van der Waals surface area contributed by atoms with E-state index in [4.69, 9.17) is 25.8 Å². The first kappa shape index (κ1) is 46.8. The molecule has 0 spiro atoms. The van der Waals surface area contributed by atoms with E-state index < -0.39 is 5.97 Å². The van der Waals surface area contributed by atoms with Crippen LogP contribution in [0.5, 0.6) is 5.75 Å². The molecular weight excluding hydrogens is 772 g/mol. The van der Waals surface area contributed by atoms with E-state index >= 15 is 0 Å². The zero-order chi connectivity index (χ0) is 41.9. The maximum absolute atomic E-state index is 11.9. The summed E-state index contributed by atoms with van der Waals surface area (Å²) in [6, 6.07) is 14.0. The number of hydrogen-bond donors (Lipinski definition) is 0. The van der Waals surface area contributed by atoms with Crippen LogP contribution < -0.4 is 9.30 Å². The maximum Gasteiger partial charge on any atom is 0.308 e. The van der Waals surface area contributed by atoms with Gasteiger partial charge in [-0.1, -0.05) is 93.5 Å². The number of carbonyl (C=O) groups is 1. The fourth-order valence-corrected chi connectivity index (χ4v) is 7.87. The van der Waals surface area contributed by atoms with Crippen molar-refractivity contribution in [2.45, 2.75) is 148 Å². The van der Waals surface area contributed by atoms with E-state index in [9.17, 15) is 4.79 Å². The molecule has 324 valence electrons. The third kappa shape index (κ3) is 17.8. The molecule has 1 aromatic carbocycles. The van der Waals surface area contributed by atoms with Crippen molar-refractivity contribution in [3.05, 3.63) is 95.8 Å². The predicted octanol–water partition coefficient (Wildman–Crippen LogP) is 11.3. The van der Waals surface area contributed by atoms with Gasteiger partial charge in [0.15, 0.2) is 18.1 Å². The number of rotatable bonds is 32. The minimum atomic E-state index is -0.424. The molecule has 60 heavy (non-hydrogen) atoms. The number of aromatic nitrogens is 6. The number of aryl methyl sites for hydroxylation is 4. The quantitative estimate of drug-likeness (QED) is 0.0182. The van der Waals surface area contributed by atoms with Crippen molar-refractivity contribution in [1.29, 1.82) is 0 Å². The highest BCUT2D eigenvalue weighted by atomic mass is 35.5. The zero-order valence-electron chi connectivity index (χ0n) is 36.1. The standard InChI is InChI=1S/C49H68ClN6O4/c1-41(57)60-49-45(37-46(50)44-27-19-29-52-48(44)49)47-40-56(54-53-47)32-15-11-6-4-2-3-5-8-12-16-34-59-36-22-26-43-24-20-31-55(39-43)30-14-10-7-9-13-17-33-58-35-21-25-42-23-18-28-51-38-42/h18-20,23-24,27-29,31,37-40H,2-17,21-22,25-26,30,32-36H2,1H3/q+1. The number of fused-ring (bicyclic) bond motifs is 1. The van der Waals surface area contributed by atoms with Crippen LogP contribution in [0.15, 0.2) is 79.6 Å². The van der Waals surface area contributed by atoms with Crippen LogP contribution in [0, 0.1) is 0 Å². The van der Waals surface area contributed by atoms with Gasteiger partial charge in [0.2, 0.25) is 0 Å². The van der Waals surface area contributed by atoms with Gasteiger partial charge in [-0.3, -0.25) is 19.4 Å². The number of ether oxygens (including phenoxy) is 3. The summed E-state index contributed by atoms with van der Waals surface area (Å²) in [4.78, 5) is 20.5. The summed E-state index contributed by atoms with van der Waals surface area (Å²) in [5, 5.41) is 9.92. The van der Waals surface area contributed by atoms with Gasteiger partial charge in [0.05, 0.1) is 16.8 Å². The van der Waals surface area contributed by atoms with Crippen molar-refractivity contribution >= 4 is 28.5 Å². The largest absolute Gasteiger partial charge is 0.424 e. The number of benzene rings is 1. The fourth-order valence-electron chi connectivity index (χ4n) is 7.61. The first-order chi connectivity index (χ1) is 29.6. The van der Waals surface area contributed by atoms with Gasteiger partial charge >= 0.3 is 5.97 Å². The predicted molar refractivity (Wildman–Crippen MR) is 240 cm³/mol. The van der Waals surface area contributed by atoms with Crippen molar-refractivity contribution in [1.82, 2.24) is 25.0 Å². The van der Waals surface area contributed by atoms with Crippen LogP contribution >= 0.6 is 11.6 Å². The van der Waals surface area contributed by atoms with Crippen molar-refractivity contribution in [3.63, 3.8) is 0 Å². The molecule has 0 aliphatic heterocycles. The smallest absolute Gasteiger partial charge is 0.308 e. The van der Waals surface area contributed by atoms with Crippen LogP contribution in [-0.4, -0.2) is 57.4 Å². The lowest BCUT2D eigenvalue weighted by Crippen LogP contribution is -2.33. The van der Waals surface area contributed by atoms with E-state index in [0.717, 1.165) is 89.8 Å². The van der Waals surface area contributed by atoms with Crippen LogP contribution in [-0.2, 0) is 40.2 Å². The summed E-state index contributed by atoms with van der Waals surface area (Å²) >= 11 is 6.55. The van der Waals surface area contributed by atoms with Gasteiger partial charge in [-0.2, -0.15) is 0 Å². The van der Waals surface area contributed by atoms with Crippen molar-refractivity contribution < 1.29 is 23.6 Å². The van der Waals surface area contributed by atoms with Gasteiger partial charge in [0.1, 0.15) is 17.8 Å². The van der Waals surface area contributed by atoms with Crippen molar-refractivity contribution in [3.8, 4) is 17.0 Å². The Morgan fingerprint density at radius 3 is 2.02 bits per heavy atom. The Balaban J connectivity index is 0.787. The van der Waals surface area contributed by atoms with Gasteiger partial charge in [-0.05, 0) is 87.3 Å². The Hall–Kier alpha value is -4.25. The second-order valence-electron chi connectivity index (χ2n) is 16.0. The molecule has 0 unspecified atom stereocenters. The van der Waals surface area contributed by atoms with Crippen LogP contribution in [0.4, 0.5) is 0 Å². The number of halogens is 1. The molecular formula is C49H68ClN6O4+. The van der Waals surface area contributed by atoms with Crippen molar-refractivity contribution in [2.75, 3.05) is 26.4 Å². The second kappa shape index (κ2) is 28.3. The Morgan fingerprint density at radius 1 is 0.717 bits per heavy atom. The van der Waals surface area contributed by atoms with Gasteiger partial charge in [-0.25, -0.2) is 4.57 Å². The minimum absolute atomic E-state index is 0.357. The lowest BCUT2D eigenvalue weighted by molar-refractivity contribution is -0.697. The molecule has 4 aromatic heterocycles. The monoisotopic (exact) mass is 839 g/mol. The van der Waals surface area contributed by atoms with E-state index in [1.165, 1.54) is 102 Å². The number of hydrogen-bond acceptors (Lipinski definition) is 8. The molecule has 0 amide bonds. The highest BCUT2D eigenvalue weighted by Crippen LogP contribution is 2.39. The van der Waals surface area contributed by atoms with Gasteiger partial charge < -0.3 is 14.2 Å². The van der Waals surface area contributed by atoms with Crippen molar-refractivity contribution in [2.24, 2.45) is 0 Å². The van der Waals surface area contributed by atoms with Crippen LogP contribution in [0.2, 0.25) is 5.02 Å². The van der Waals surface area contributed by atoms with Gasteiger partial charge in [-0.15, -0.1) is 5.10 Å². The second-order valence-corrected chi connectivity index (χ2v) is 16.4. The Labute approximate surface area is 363 Å². The molecule has 4 heterocycles. The maximum atomic E-state index is 11.9. The lowest BCUT2D eigenvalue weighted by atomic mass is 10.1. The minimum Gasteiger partial charge on any atom is -0.424 e. The Kier molecular flexibility index (Phi) is 22.1. The summed E-state index contributed by atoms with van der Waals surface area (Å²) in [5.74, 6) is -0.0668. The number of esters is 1. The molecule has 0 aliphatic carbocycles. The first-order valence-corrected chi connectivity index (χ1v) is 23.1. The average Bonchev–Trinajstić information content (AvgIpc) is 3.74. The Bertz CT molecular complexity index is 1940. The van der Waals surface area contributed by atoms with E-state index in [0.29, 0.717) is 27.5 Å². The summed E-state index contributed by atoms with van der Waals surface area (Å²) in [6.07, 6.45) is 36.0. The normalized spacial score (nSPS) is 11.4. The van der Waals surface area contributed by atoms with E-state index in [2.05, 4.69) is 55.4 Å². The van der Waals surface area contributed by atoms with Gasteiger partial charge in [0.25, 0.3) is 0 Å². The van der Waals surface area contributed by atoms with Gasteiger partial charge in [0, 0.05) is 81.9 Å². The SMILES string of the molecule is CC(=O)Oc1c(-c2cn(CCCCCCCCCCCCOCCCc3ccc[n+](CCCCCCCCOCCCc4cccnc4)c3)nn2)cc(Cl)c2cccnc12. The molecule has 5 rings (SSSR count). The number of carbonyl (C=O) groups excluding carboxylic acids is 1. The molecule has 0 bridgehead atoms. The molecule has 11 heteroatoms. The number of nitrogens with zero attached hydrogens (tertiary/aromatic N) is 6. The summed E-state index contributed by atoms with van der Waals surface area (Å²) in [6.45, 7) is 6.72. The zero-order valence-corrected chi connectivity index (χ0v) is 36.8. The molecule has 0 atom stereocenters. The van der Waals surface area contributed by atoms with E-state index in [-0.39, 0.29) is 0 Å². The molecule has 0 N–H and O–H groups in total.